The largest absolute Gasteiger partial charge is 0.481 e. The molecule has 2 nitrogen and oxygen atoms in total. The molecule has 1 N–H and O–H groups in total. The summed E-state index contributed by atoms with van der Waals surface area (Å²) in [6.07, 6.45) is 0. The molecule has 0 spiro atoms. The van der Waals surface area contributed by atoms with E-state index in [2.05, 4.69) is 0 Å². The Labute approximate surface area is 93.2 Å². The lowest BCUT2D eigenvalue weighted by Gasteiger charge is -2.27. The molecular formula is C14H10O2. The zero-order valence-corrected chi connectivity index (χ0v) is 8.55. The third-order valence-corrected chi connectivity index (χ3v) is 3.05. The molecule has 0 heterocycles. The second-order valence-electron chi connectivity index (χ2n) is 3.98. The van der Waals surface area contributed by atoms with Crippen LogP contribution in [0.25, 0.3) is 11.1 Å². The highest BCUT2D eigenvalue weighted by atomic mass is 16.4. The molecule has 2 bridgehead atoms. The Morgan fingerprint density at radius 1 is 1.06 bits per heavy atom. The van der Waals surface area contributed by atoms with Gasteiger partial charge in [-0.3, -0.25) is 4.79 Å². The molecule has 0 saturated heterocycles. The van der Waals surface area contributed by atoms with Gasteiger partial charge in [0.05, 0.1) is 0 Å². The van der Waals surface area contributed by atoms with E-state index in [1.807, 2.05) is 48.5 Å². The summed E-state index contributed by atoms with van der Waals surface area (Å²) in [6, 6.07) is 15.7. The molecule has 2 aromatic carbocycles. The quantitative estimate of drug-likeness (QED) is 0.827. The van der Waals surface area contributed by atoms with Crippen molar-refractivity contribution in [2.24, 2.45) is 0 Å². The lowest BCUT2D eigenvalue weighted by Crippen LogP contribution is -2.21. The highest BCUT2D eigenvalue weighted by Crippen LogP contribution is 2.42. The SMILES string of the molecule is O=C(O)C1c2ccc(-c3ccccc3)c1c2. The Bertz CT molecular complexity index is 554. The number of hydrogen-bond acceptors (Lipinski definition) is 1. The molecule has 1 unspecified atom stereocenters. The number of fused-ring (bicyclic) bond motifs is 2. The fraction of sp³-hybridized carbons (Fsp3) is 0.0714. The smallest absolute Gasteiger partial charge is 0.315 e. The van der Waals surface area contributed by atoms with E-state index in [9.17, 15) is 4.79 Å². The second kappa shape index (κ2) is 3.20. The van der Waals surface area contributed by atoms with Gasteiger partial charge in [0.15, 0.2) is 0 Å². The van der Waals surface area contributed by atoms with Crippen molar-refractivity contribution in [2.75, 3.05) is 0 Å². The minimum atomic E-state index is -0.759. The highest BCUT2D eigenvalue weighted by molar-refractivity contribution is 5.89. The lowest BCUT2D eigenvalue weighted by molar-refractivity contribution is -0.138. The van der Waals surface area contributed by atoms with E-state index in [1.54, 1.807) is 0 Å². The van der Waals surface area contributed by atoms with Gasteiger partial charge < -0.3 is 5.11 Å². The summed E-state index contributed by atoms with van der Waals surface area (Å²) in [7, 11) is 0. The van der Waals surface area contributed by atoms with Crippen LogP contribution in [0.5, 0.6) is 0 Å². The van der Waals surface area contributed by atoms with Crippen LogP contribution in [0, 0.1) is 0 Å². The van der Waals surface area contributed by atoms with Gasteiger partial charge in [-0.05, 0) is 22.3 Å². The molecule has 16 heavy (non-hydrogen) atoms. The Morgan fingerprint density at radius 2 is 1.81 bits per heavy atom. The minimum absolute atomic E-state index is 0.416. The Hall–Kier alpha value is -2.09. The number of benzene rings is 2. The van der Waals surface area contributed by atoms with Crippen molar-refractivity contribution in [2.45, 2.75) is 5.92 Å². The molecular weight excluding hydrogens is 200 g/mol. The summed E-state index contributed by atoms with van der Waals surface area (Å²) in [5.41, 5.74) is 3.94. The molecule has 2 aliphatic carbocycles. The first-order valence-electron chi connectivity index (χ1n) is 5.19. The summed E-state index contributed by atoms with van der Waals surface area (Å²) in [4.78, 5) is 11.1. The summed E-state index contributed by atoms with van der Waals surface area (Å²) >= 11 is 0. The van der Waals surface area contributed by atoms with E-state index >= 15 is 0 Å². The van der Waals surface area contributed by atoms with E-state index in [1.165, 1.54) is 0 Å². The maximum atomic E-state index is 11.1. The van der Waals surface area contributed by atoms with Gasteiger partial charge in [-0.25, -0.2) is 0 Å². The van der Waals surface area contributed by atoms with Crippen molar-refractivity contribution in [3.05, 3.63) is 59.7 Å². The van der Waals surface area contributed by atoms with E-state index in [-0.39, 0.29) is 0 Å². The first-order valence-corrected chi connectivity index (χ1v) is 5.19. The Kier molecular flexibility index (Phi) is 1.83. The van der Waals surface area contributed by atoms with Crippen LogP contribution < -0.4 is 0 Å². The van der Waals surface area contributed by atoms with Crippen molar-refractivity contribution >= 4 is 5.97 Å². The fourth-order valence-corrected chi connectivity index (χ4v) is 2.24. The summed E-state index contributed by atoms with van der Waals surface area (Å²) in [6.45, 7) is 0. The first kappa shape index (κ1) is 9.16. The van der Waals surface area contributed by atoms with Crippen LogP contribution in [-0.2, 0) is 4.79 Å². The molecule has 0 radical (unpaired) electrons. The number of carboxylic acids is 1. The zero-order valence-electron chi connectivity index (χ0n) is 8.55. The number of carbonyl (C=O) groups is 1. The maximum Gasteiger partial charge on any atom is 0.315 e. The van der Waals surface area contributed by atoms with E-state index < -0.39 is 11.9 Å². The van der Waals surface area contributed by atoms with Gasteiger partial charge in [0.1, 0.15) is 5.92 Å². The van der Waals surface area contributed by atoms with Gasteiger partial charge >= 0.3 is 5.97 Å². The third-order valence-electron chi connectivity index (χ3n) is 3.05. The number of aliphatic carboxylic acids is 1. The predicted molar refractivity (Wildman–Crippen MR) is 61.4 cm³/mol. The molecule has 2 aliphatic rings. The highest BCUT2D eigenvalue weighted by Gasteiger charge is 2.32. The van der Waals surface area contributed by atoms with Gasteiger partial charge in [-0.1, -0.05) is 48.5 Å². The van der Waals surface area contributed by atoms with Crippen LogP contribution in [0.4, 0.5) is 0 Å². The average molecular weight is 210 g/mol. The standard InChI is InChI=1S/C14H10O2/c15-14(16)13-10-6-7-11(12(13)8-10)9-4-2-1-3-5-9/h1-8,13H,(H,15,16). The molecule has 4 rings (SSSR count). The van der Waals surface area contributed by atoms with Gasteiger partial charge in [0.25, 0.3) is 0 Å². The van der Waals surface area contributed by atoms with Gasteiger partial charge in [-0.15, -0.1) is 0 Å². The van der Waals surface area contributed by atoms with Crippen molar-refractivity contribution in [3.63, 3.8) is 0 Å². The van der Waals surface area contributed by atoms with E-state index in [0.29, 0.717) is 0 Å². The minimum Gasteiger partial charge on any atom is -0.481 e. The van der Waals surface area contributed by atoms with Gasteiger partial charge in [0, 0.05) is 0 Å². The van der Waals surface area contributed by atoms with Crippen molar-refractivity contribution in [3.8, 4) is 11.1 Å². The van der Waals surface area contributed by atoms with E-state index in [0.717, 1.165) is 22.3 Å². The van der Waals surface area contributed by atoms with Crippen LogP contribution in [0.2, 0.25) is 0 Å². The van der Waals surface area contributed by atoms with Crippen LogP contribution in [0.15, 0.2) is 48.5 Å². The number of carboxylic acid groups (broad SMARTS) is 1. The van der Waals surface area contributed by atoms with Crippen molar-refractivity contribution in [1.29, 1.82) is 0 Å². The average Bonchev–Trinajstić information content (AvgIpc) is 2.29. The topological polar surface area (TPSA) is 37.3 Å². The molecule has 0 amide bonds. The van der Waals surface area contributed by atoms with Crippen LogP contribution in [0.3, 0.4) is 0 Å². The third kappa shape index (κ3) is 1.16. The van der Waals surface area contributed by atoms with Gasteiger partial charge in [0.2, 0.25) is 0 Å². The van der Waals surface area contributed by atoms with Crippen LogP contribution >= 0.6 is 0 Å². The Balaban J connectivity index is 2.11. The molecule has 0 fully saturated rings. The van der Waals surface area contributed by atoms with E-state index in [4.69, 9.17) is 5.11 Å². The van der Waals surface area contributed by atoms with Gasteiger partial charge in [-0.2, -0.15) is 0 Å². The Morgan fingerprint density at radius 3 is 2.44 bits per heavy atom. The molecule has 1 atom stereocenters. The molecule has 2 heteroatoms. The molecule has 0 aromatic heterocycles. The fourth-order valence-electron chi connectivity index (χ4n) is 2.24. The summed E-state index contributed by atoms with van der Waals surface area (Å²) in [5.74, 6) is -1.18. The second-order valence-corrected chi connectivity index (χ2v) is 3.98. The van der Waals surface area contributed by atoms with Crippen molar-refractivity contribution in [1.82, 2.24) is 0 Å². The molecule has 2 aromatic rings. The molecule has 0 saturated carbocycles. The first-order chi connectivity index (χ1) is 7.77. The molecule has 0 aliphatic heterocycles. The normalized spacial score (nSPS) is 16.6. The summed E-state index contributed by atoms with van der Waals surface area (Å²) in [5, 5.41) is 9.09. The maximum absolute atomic E-state index is 11.1. The van der Waals surface area contributed by atoms with Crippen molar-refractivity contribution < 1.29 is 9.90 Å². The predicted octanol–water partition coefficient (Wildman–Crippen LogP) is 2.88. The van der Waals surface area contributed by atoms with Crippen LogP contribution in [0.1, 0.15) is 17.0 Å². The zero-order chi connectivity index (χ0) is 11.1. The lowest BCUT2D eigenvalue weighted by atomic mass is 9.76. The molecule has 78 valence electrons. The number of rotatable bonds is 2. The number of hydrogen-bond donors (Lipinski definition) is 1. The van der Waals surface area contributed by atoms with Crippen LogP contribution in [-0.4, -0.2) is 11.1 Å². The monoisotopic (exact) mass is 210 g/mol. The summed E-state index contributed by atoms with van der Waals surface area (Å²) < 4.78 is 0.